The standard InChI is InChI=1S/C11H19NO/c1-7-10(3)6-9(13-5)12-8(2)11(7,10)4/h7-8H,6H2,1-5H3. The number of ether oxygens (including phenoxy) is 1. The van der Waals surface area contributed by atoms with Crippen molar-refractivity contribution >= 4 is 5.90 Å². The van der Waals surface area contributed by atoms with Crippen LogP contribution in [0.1, 0.15) is 34.1 Å². The van der Waals surface area contributed by atoms with Crippen LogP contribution in [0.4, 0.5) is 0 Å². The minimum absolute atomic E-state index is 0.412. The van der Waals surface area contributed by atoms with E-state index in [4.69, 9.17) is 4.74 Å². The molecule has 1 aliphatic heterocycles. The van der Waals surface area contributed by atoms with Crippen molar-refractivity contribution in [1.82, 2.24) is 0 Å². The lowest BCUT2D eigenvalue weighted by molar-refractivity contribution is 0.282. The number of aliphatic imine (C=N–C) groups is 1. The van der Waals surface area contributed by atoms with Crippen LogP contribution in [-0.2, 0) is 4.74 Å². The summed E-state index contributed by atoms with van der Waals surface area (Å²) in [6.07, 6.45) is 1.02. The van der Waals surface area contributed by atoms with Crippen LogP contribution in [0.25, 0.3) is 0 Å². The van der Waals surface area contributed by atoms with E-state index in [2.05, 4.69) is 32.7 Å². The van der Waals surface area contributed by atoms with Crippen LogP contribution in [0, 0.1) is 16.7 Å². The first kappa shape index (κ1) is 9.04. The molecule has 0 N–H and O–H groups in total. The second-order valence-electron chi connectivity index (χ2n) is 5.00. The molecular formula is C11H19NO. The number of fused-ring (bicyclic) bond motifs is 1. The summed E-state index contributed by atoms with van der Waals surface area (Å²) in [5.41, 5.74) is 0.842. The molecule has 2 nitrogen and oxygen atoms in total. The van der Waals surface area contributed by atoms with E-state index in [-0.39, 0.29) is 0 Å². The molecule has 1 heterocycles. The first-order valence-electron chi connectivity index (χ1n) is 5.07. The van der Waals surface area contributed by atoms with Crippen LogP contribution >= 0.6 is 0 Å². The van der Waals surface area contributed by atoms with Crippen molar-refractivity contribution in [3.8, 4) is 0 Å². The zero-order valence-corrected chi connectivity index (χ0v) is 9.22. The van der Waals surface area contributed by atoms with Crippen LogP contribution in [-0.4, -0.2) is 19.0 Å². The van der Waals surface area contributed by atoms with Gasteiger partial charge < -0.3 is 4.74 Å². The van der Waals surface area contributed by atoms with Gasteiger partial charge in [-0.15, -0.1) is 0 Å². The Kier molecular flexibility index (Phi) is 1.59. The maximum absolute atomic E-state index is 5.27. The summed E-state index contributed by atoms with van der Waals surface area (Å²) in [7, 11) is 1.73. The normalized spacial score (nSPS) is 53.8. The summed E-state index contributed by atoms with van der Waals surface area (Å²) in [6.45, 7) is 9.27. The van der Waals surface area contributed by atoms with Gasteiger partial charge in [0.2, 0.25) is 0 Å². The average molecular weight is 181 g/mol. The first-order valence-corrected chi connectivity index (χ1v) is 5.07. The molecular weight excluding hydrogens is 162 g/mol. The van der Waals surface area contributed by atoms with Gasteiger partial charge in [0.25, 0.3) is 0 Å². The van der Waals surface area contributed by atoms with E-state index in [1.54, 1.807) is 7.11 Å². The van der Waals surface area contributed by atoms with Crippen molar-refractivity contribution in [3.05, 3.63) is 0 Å². The minimum atomic E-state index is 0.412. The van der Waals surface area contributed by atoms with E-state index in [1.807, 2.05) is 0 Å². The highest BCUT2D eigenvalue weighted by Gasteiger charge is 2.72. The van der Waals surface area contributed by atoms with E-state index >= 15 is 0 Å². The summed E-state index contributed by atoms with van der Waals surface area (Å²) in [4.78, 5) is 4.59. The Morgan fingerprint density at radius 2 is 2.00 bits per heavy atom. The SMILES string of the molecule is COC1=NC(C)C2(C)C(C)C2(C)C1. The van der Waals surface area contributed by atoms with E-state index in [0.717, 1.165) is 18.2 Å². The number of nitrogens with zero attached hydrogens (tertiary/aromatic N) is 1. The smallest absolute Gasteiger partial charge is 0.183 e. The number of methoxy groups -OCH3 is 1. The van der Waals surface area contributed by atoms with Gasteiger partial charge in [0.05, 0.1) is 13.2 Å². The zero-order valence-electron chi connectivity index (χ0n) is 9.22. The zero-order chi connectivity index (χ0) is 9.85. The summed E-state index contributed by atoms with van der Waals surface area (Å²) in [5.74, 6) is 1.71. The number of hydrogen-bond acceptors (Lipinski definition) is 2. The highest BCUT2D eigenvalue weighted by Crippen LogP contribution is 2.74. The van der Waals surface area contributed by atoms with Crippen LogP contribution in [0.2, 0.25) is 0 Å². The third-order valence-corrected chi connectivity index (χ3v) is 4.96. The Morgan fingerprint density at radius 3 is 2.46 bits per heavy atom. The molecule has 0 bridgehead atoms. The number of hydrogen-bond donors (Lipinski definition) is 0. The van der Waals surface area contributed by atoms with E-state index in [1.165, 1.54) is 0 Å². The Bertz CT molecular complexity index is 273. The fourth-order valence-corrected chi connectivity index (χ4v) is 3.20. The van der Waals surface area contributed by atoms with E-state index in [0.29, 0.717) is 16.9 Å². The summed E-state index contributed by atoms with van der Waals surface area (Å²) in [6, 6.07) is 0.413. The molecule has 1 fully saturated rings. The molecule has 0 amide bonds. The van der Waals surface area contributed by atoms with Crippen molar-refractivity contribution in [2.45, 2.75) is 40.2 Å². The lowest BCUT2D eigenvalue weighted by atomic mass is 9.85. The summed E-state index contributed by atoms with van der Waals surface area (Å²) in [5, 5.41) is 0. The van der Waals surface area contributed by atoms with Crippen LogP contribution in [0.5, 0.6) is 0 Å². The maximum Gasteiger partial charge on any atom is 0.183 e. The highest BCUT2D eigenvalue weighted by molar-refractivity contribution is 5.79. The monoisotopic (exact) mass is 181 g/mol. The fraction of sp³-hybridized carbons (Fsp3) is 0.909. The lowest BCUT2D eigenvalue weighted by Gasteiger charge is -2.28. The predicted molar refractivity (Wildman–Crippen MR) is 53.9 cm³/mol. The van der Waals surface area contributed by atoms with Gasteiger partial charge >= 0.3 is 0 Å². The quantitative estimate of drug-likeness (QED) is 0.562. The van der Waals surface area contributed by atoms with Gasteiger partial charge in [-0.2, -0.15) is 0 Å². The largest absolute Gasteiger partial charge is 0.484 e. The molecule has 13 heavy (non-hydrogen) atoms. The second-order valence-corrected chi connectivity index (χ2v) is 5.00. The molecule has 0 saturated heterocycles. The molecule has 0 radical (unpaired) electrons. The van der Waals surface area contributed by atoms with Gasteiger partial charge in [-0.05, 0) is 23.7 Å². The van der Waals surface area contributed by atoms with E-state index in [9.17, 15) is 0 Å². The molecule has 2 rings (SSSR count). The summed E-state index contributed by atoms with van der Waals surface area (Å²) >= 11 is 0. The topological polar surface area (TPSA) is 21.6 Å². The third kappa shape index (κ3) is 0.818. The third-order valence-electron chi connectivity index (χ3n) is 4.96. The molecule has 0 spiro atoms. The van der Waals surface area contributed by atoms with Crippen molar-refractivity contribution < 1.29 is 4.74 Å². The highest BCUT2D eigenvalue weighted by atomic mass is 16.5. The van der Waals surface area contributed by atoms with Gasteiger partial charge in [0.15, 0.2) is 5.90 Å². The first-order chi connectivity index (χ1) is 5.96. The minimum Gasteiger partial charge on any atom is -0.484 e. The molecule has 4 unspecified atom stereocenters. The van der Waals surface area contributed by atoms with Crippen LogP contribution in [0.15, 0.2) is 4.99 Å². The van der Waals surface area contributed by atoms with Gasteiger partial charge in [-0.3, -0.25) is 4.99 Å². The van der Waals surface area contributed by atoms with Gasteiger partial charge in [0, 0.05) is 6.42 Å². The molecule has 2 aliphatic rings. The fourth-order valence-electron chi connectivity index (χ4n) is 3.20. The van der Waals surface area contributed by atoms with Gasteiger partial charge in [-0.1, -0.05) is 20.8 Å². The van der Waals surface area contributed by atoms with Gasteiger partial charge in [-0.25, -0.2) is 0 Å². The molecule has 1 aliphatic carbocycles. The van der Waals surface area contributed by atoms with Crippen molar-refractivity contribution in [2.75, 3.05) is 7.11 Å². The van der Waals surface area contributed by atoms with Crippen molar-refractivity contribution in [1.29, 1.82) is 0 Å². The number of rotatable bonds is 0. The Labute approximate surface area is 80.4 Å². The van der Waals surface area contributed by atoms with Crippen LogP contribution < -0.4 is 0 Å². The molecule has 0 aromatic rings. The van der Waals surface area contributed by atoms with Gasteiger partial charge in [0.1, 0.15) is 0 Å². The maximum atomic E-state index is 5.27. The Morgan fingerprint density at radius 1 is 1.38 bits per heavy atom. The second kappa shape index (κ2) is 2.28. The Hall–Kier alpha value is -0.530. The lowest BCUT2D eigenvalue weighted by Crippen LogP contribution is -2.29. The molecule has 0 aromatic carbocycles. The molecule has 4 atom stereocenters. The average Bonchev–Trinajstić information content (AvgIpc) is 2.53. The van der Waals surface area contributed by atoms with Crippen molar-refractivity contribution in [2.24, 2.45) is 21.7 Å². The molecule has 1 saturated carbocycles. The summed E-state index contributed by atoms with van der Waals surface area (Å²) < 4.78 is 5.27. The molecule has 0 aromatic heterocycles. The van der Waals surface area contributed by atoms with Crippen LogP contribution in [0.3, 0.4) is 0 Å². The van der Waals surface area contributed by atoms with E-state index < -0.39 is 0 Å². The van der Waals surface area contributed by atoms with Crippen molar-refractivity contribution in [3.63, 3.8) is 0 Å². The molecule has 2 heteroatoms. The predicted octanol–water partition coefficient (Wildman–Crippen LogP) is 2.49. The molecule has 74 valence electrons. The Balaban J connectivity index is 2.32.